The molecule has 2 aromatic carbocycles. The van der Waals surface area contributed by atoms with E-state index in [-0.39, 0.29) is 17.8 Å². The summed E-state index contributed by atoms with van der Waals surface area (Å²) in [5.41, 5.74) is 1.64. The van der Waals surface area contributed by atoms with Crippen LogP contribution in [0, 0.1) is 5.82 Å². The van der Waals surface area contributed by atoms with Gasteiger partial charge in [0.2, 0.25) is 0 Å². The number of unbranched alkanes of at least 4 members (excludes halogenated alkanes) is 1. The maximum absolute atomic E-state index is 13.6. The van der Waals surface area contributed by atoms with Crippen LogP contribution in [-0.2, 0) is 4.79 Å². The minimum Gasteiger partial charge on any atom is -0.478 e. The fourth-order valence-electron chi connectivity index (χ4n) is 4.00. The first-order valence-electron chi connectivity index (χ1n) is 10.9. The molecule has 2 atom stereocenters. The molecule has 0 saturated heterocycles. The molecule has 180 valence electrons. The first-order valence-corrected chi connectivity index (χ1v) is 13.5. The third-order valence-corrected chi connectivity index (χ3v) is 8.04. The Kier molecular flexibility index (Phi) is 8.83. The van der Waals surface area contributed by atoms with Crippen LogP contribution in [0.1, 0.15) is 56.6 Å². The Hall–Kier alpha value is -2.04. The quantitative estimate of drug-likeness (QED) is 0.176. The number of hydrogen-bond donors (Lipinski definition) is 4. The number of carbonyl (C=O) groups is 1. The predicted octanol–water partition coefficient (Wildman–Crippen LogP) is 6.62. The zero-order valence-corrected chi connectivity index (χ0v) is 20.3. The molecule has 0 aromatic heterocycles. The third-order valence-electron chi connectivity index (χ3n) is 5.49. The van der Waals surface area contributed by atoms with Gasteiger partial charge in [0.15, 0.2) is 0 Å². The van der Waals surface area contributed by atoms with Crippen LogP contribution in [0.3, 0.4) is 0 Å². The van der Waals surface area contributed by atoms with Crippen LogP contribution >= 0.6 is 22.5 Å². The Morgan fingerprint density at radius 1 is 1.27 bits per heavy atom. The summed E-state index contributed by atoms with van der Waals surface area (Å²) < 4.78 is 44.5. The Morgan fingerprint density at radius 3 is 2.64 bits per heavy atom. The van der Waals surface area contributed by atoms with Crippen molar-refractivity contribution in [1.29, 1.82) is 0 Å². The van der Waals surface area contributed by atoms with Crippen LogP contribution in [0.5, 0.6) is 5.75 Å². The second kappa shape index (κ2) is 11.4. The molecule has 0 aliphatic carbocycles. The number of halogens is 1. The second-order valence-corrected chi connectivity index (χ2v) is 11.0. The normalized spacial score (nSPS) is 20.8. The van der Waals surface area contributed by atoms with E-state index >= 15 is 0 Å². The monoisotopic (exact) mass is 495 g/mol. The third kappa shape index (κ3) is 6.51. The first-order chi connectivity index (χ1) is 15.7. The van der Waals surface area contributed by atoms with Gasteiger partial charge < -0.3 is 9.84 Å². The average molecular weight is 496 g/mol. The van der Waals surface area contributed by atoms with Crippen LogP contribution in [0.15, 0.2) is 58.5 Å². The van der Waals surface area contributed by atoms with Gasteiger partial charge in [-0.1, -0.05) is 38.8 Å². The molecule has 0 amide bonds. The van der Waals surface area contributed by atoms with Crippen LogP contribution in [0.25, 0.3) is 0 Å². The number of carboxylic acid groups (broad SMARTS) is 1. The summed E-state index contributed by atoms with van der Waals surface area (Å²) in [6.45, 7) is 4.07. The maximum Gasteiger partial charge on any atom is 0.331 e. The minimum absolute atomic E-state index is 0.143. The van der Waals surface area contributed by atoms with Crippen molar-refractivity contribution in [2.24, 2.45) is 0 Å². The van der Waals surface area contributed by atoms with Gasteiger partial charge in [-0.3, -0.25) is 9.11 Å². The molecule has 0 saturated carbocycles. The summed E-state index contributed by atoms with van der Waals surface area (Å²) >= 11 is 1.51. The number of aliphatic carboxylic acids is 1. The molecule has 4 N–H and O–H groups in total. The van der Waals surface area contributed by atoms with Gasteiger partial charge in [0.25, 0.3) is 0 Å². The molecule has 6 nitrogen and oxygen atoms in total. The molecule has 0 spiro atoms. The Bertz CT molecular complexity index is 997. The van der Waals surface area contributed by atoms with Gasteiger partial charge in [-0.15, -0.1) is 22.5 Å². The highest BCUT2D eigenvalue weighted by Crippen LogP contribution is 2.55. The predicted molar refractivity (Wildman–Crippen MR) is 131 cm³/mol. The summed E-state index contributed by atoms with van der Waals surface area (Å²) in [4.78, 5) is 11.9. The van der Waals surface area contributed by atoms with E-state index in [1.54, 1.807) is 18.2 Å². The van der Waals surface area contributed by atoms with Gasteiger partial charge in [0.1, 0.15) is 11.6 Å². The van der Waals surface area contributed by atoms with E-state index in [1.165, 1.54) is 23.9 Å². The number of carboxylic acids is 1. The van der Waals surface area contributed by atoms with Crippen molar-refractivity contribution in [1.82, 2.24) is 4.72 Å². The lowest BCUT2D eigenvalue weighted by molar-refractivity contribution is -0.131. The summed E-state index contributed by atoms with van der Waals surface area (Å²) in [5, 5.41) is 8.87. The van der Waals surface area contributed by atoms with Crippen molar-refractivity contribution in [3.05, 3.63) is 65.7 Å². The molecule has 1 heterocycles. The Labute approximate surface area is 199 Å². The van der Waals surface area contributed by atoms with Crippen LogP contribution in [0.4, 0.5) is 4.39 Å². The smallest absolute Gasteiger partial charge is 0.331 e. The van der Waals surface area contributed by atoms with Crippen molar-refractivity contribution in [2.75, 3.05) is 5.75 Å². The summed E-state index contributed by atoms with van der Waals surface area (Å²) in [6.07, 6.45) is 5.27. The van der Waals surface area contributed by atoms with Gasteiger partial charge in [-0.25, -0.2) is 13.9 Å². The van der Waals surface area contributed by atoms with Crippen molar-refractivity contribution in [2.45, 2.75) is 61.3 Å². The largest absolute Gasteiger partial charge is 0.478 e. The maximum atomic E-state index is 13.6. The Morgan fingerprint density at radius 2 is 2.00 bits per heavy atom. The van der Waals surface area contributed by atoms with E-state index in [2.05, 4.69) is 11.6 Å². The molecule has 1 aliphatic rings. The van der Waals surface area contributed by atoms with Crippen LogP contribution < -0.4 is 9.46 Å². The number of fused-ring (bicyclic) bond motifs is 1. The van der Waals surface area contributed by atoms with Crippen molar-refractivity contribution in [3.63, 3.8) is 0 Å². The standard InChI is InChI=1S/C24H30FNO5S2/c1-3-5-6-18-13-19(16-7-9-17(25)10-8-16)20-14-22(32-4-2)21(31-12-11-24(27)28)15-23(20)33(29,30)26-18/h7-12,14-15,18-19,26,29-30H,3-6,13H2,1-2H3,(H,27,28)/b12-11+. The van der Waals surface area contributed by atoms with E-state index in [4.69, 9.17) is 9.84 Å². The molecule has 0 fully saturated rings. The van der Waals surface area contributed by atoms with Gasteiger partial charge in [-0.05, 0) is 47.9 Å². The van der Waals surface area contributed by atoms with Crippen LogP contribution in [0.2, 0.25) is 0 Å². The second-order valence-electron chi connectivity index (χ2n) is 7.87. The van der Waals surface area contributed by atoms with E-state index in [0.717, 1.165) is 53.4 Å². The zero-order valence-electron chi connectivity index (χ0n) is 18.7. The number of benzene rings is 2. The highest BCUT2D eigenvalue weighted by molar-refractivity contribution is 8.22. The molecule has 1 aliphatic heterocycles. The van der Waals surface area contributed by atoms with Crippen molar-refractivity contribution >= 4 is 28.5 Å². The molecule has 2 unspecified atom stereocenters. The van der Waals surface area contributed by atoms with Gasteiger partial charge in [0.05, 0.1) is 22.1 Å². The molecule has 0 radical (unpaired) electrons. The fraction of sp³-hybridized carbons (Fsp3) is 0.375. The lowest BCUT2D eigenvalue weighted by atomic mass is 9.85. The number of ether oxygens (including phenoxy) is 1. The molecule has 2 aromatic rings. The lowest BCUT2D eigenvalue weighted by Crippen LogP contribution is -2.31. The lowest BCUT2D eigenvalue weighted by Gasteiger charge is -2.36. The van der Waals surface area contributed by atoms with Crippen molar-refractivity contribution in [3.8, 4) is 5.75 Å². The minimum atomic E-state index is -3.36. The highest BCUT2D eigenvalue weighted by atomic mass is 32.3. The number of thioether (sulfide) groups is 1. The molecular weight excluding hydrogens is 465 g/mol. The van der Waals surface area contributed by atoms with Gasteiger partial charge >= 0.3 is 5.97 Å². The number of hydrogen-bond acceptors (Lipinski definition) is 6. The van der Waals surface area contributed by atoms with E-state index in [0.29, 0.717) is 17.1 Å². The summed E-state index contributed by atoms with van der Waals surface area (Å²) in [7, 11) is -3.36. The number of nitrogens with one attached hydrogen (secondary N) is 1. The summed E-state index contributed by atoms with van der Waals surface area (Å²) in [6, 6.07) is 9.65. The first kappa shape index (κ1) is 25.6. The molecular formula is C24H30FNO5S2. The van der Waals surface area contributed by atoms with E-state index in [9.17, 15) is 18.3 Å². The molecule has 9 heteroatoms. The fourth-order valence-corrected chi connectivity index (χ4v) is 6.37. The van der Waals surface area contributed by atoms with Crippen molar-refractivity contribution < 1.29 is 28.1 Å². The van der Waals surface area contributed by atoms with Crippen LogP contribution in [-0.4, -0.2) is 32.0 Å². The molecule has 3 rings (SSSR count). The molecule has 0 bridgehead atoms. The highest BCUT2D eigenvalue weighted by Gasteiger charge is 2.35. The van der Waals surface area contributed by atoms with E-state index in [1.807, 2.05) is 13.0 Å². The zero-order chi connectivity index (χ0) is 24.0. The Balaban J connectivity index is 2.15. The number of rotatable bonds is 9. The SMILES string of the molecule is CCCCC1CC(c2ccc(F)cc2)c2cc(SCC)c(O/C=C/C(=O)O)cc2S(O)(O)N1. The van der Waals surface area contributed by atoms with Gasteiger partial charge in [0, 0.05) is 18.0 Å². The van der Waals surface area contributed by atoms with Gasteiger partial charge in [-0.2, -0.15) is 0 Å². The van der Waals surface area contributed by atoms with E-state index < -0.39 is 16.7 Å². The summed E-state index contributed by atoms with van der Waals surface area (Å²) in [5.74, 6) is -0.551. The average Bonchev–Trinajstić information content (AvgIpc) is 2.86. The molecule has 33 heavy (non-hydrogen) atoms. The topological polar surface area (TPSA) is 99.0 Å².